The van der Waals surface area contributed by atoms with Gasteiger partial charge in [0.2, 0.25) is 0 Å². The second kappa shape index (κ2) is 5.14. The van der Waals surface area contributed by atoms with Crippen molar-refractivity contribution in [1.29, 1.82) is 0 Å². The summed E-state index contributed by atoms with van der Waals surface area (Å²) in [6.45, 7) is 3.36. The van der Waals surface area contributed by atoms with Crippen LogP contribution < -0.4 is 11.3 Å². The van der Waals surface area contributed by atoms with Gasteiger partial charge in [-0.05, 0) is 18.9 Å². The van der Waals surface area contributed by atoms with Crippen LogP contribution in [0.2, 0.25) is 0 Å². The third kappa shape index (κ3) is 2.84. The molecule has 1 saturated heterocycles. The molecule has 88 valence electrons. The smallest absolute Gasteiger partial charge is 0.250 e. The molecule has 0 atom stereocenters. The van der Waals surface area contributed by atoms with E-state index in [1.165, 1.54) is 6.07 Å². The molecule has 0 radical (unpaired) electrons. The Morgan fingerprint density at radius 2 is 2.25 bits per heavy atom. The normalized spacial score (nSPS) is 16.8. The van der Waals surface area contributed by atoms with Crippen molar-refractivity contribution < 1.29 is 4.84 Å². The molecule has 0 amide bonds. The SMILES string of the molecule is Nc1ccc(=O)n(CCCN2CCCO2)c1. The number of aryl methyl sites for hydroxylation is 1. The fraction of sp³-hybridized carbons (Fsp3) is 0.545. The molecule has 0 bridgehead atoms. The van der Waals surface area contributed by atoms with Gasteiger partial charge in [-0.25, -0.2) is 0 Å². The lowest BCUT2D eigenvalue weighted by Gasteiger charge is -2.13. The fourth-order valence-electron chi connectivity index (χ4n) is 1.82. The van der Waals surface area contributed by atoms with Crippen LogP contribution in [0.3, 0.4) is 0 Å². The van der Waals surface area contributed by atoms with E-state index in [1.807, 2.05) is 5.06 Å². The highest BCUT2D eigenvalue weighted by molar-refractivity contribution is 5.33. The largest absolute Gasteiger partial charge is 0.398 e. The Kier molecular flexibility index (Phi) is 3.58. The van der Waals surface area contributed by atoms with E-state index in [-0.39, 0.29) is 5.56 Å². The van der Waals surface area contributed by atoms with E-state index in [4.69, 9.17) is 10.6 Å². The van der Waals surface area contributed by atoms with E-state index >= 15 is 0 Å². The predicted molar refractivity (Wildman–Crippen MR) is 61.9 cm³/mol. The van der Waals surface area contributed by atoms with Crippen molar-refractivity contribution in [1.82, 2.24) is 9.63 Å². The first-order valence-corrected chi connectivity index (χ1v) is 5.59. The Balaban J connectivity index is 1.84. The molecule has 0 spiro atoms. The van der Waals surface area contributed by atoms with Crippen LogP contribution >= 0.6 is 0 Å². The number of nitrogen functional groups attached to an aromatic ring is 1. The third-order valence-corrected chi connectivity index (χ3v) is 2.64. The van der Waals surface area contributed by atoms with Crippen LogP contribution in [0.5, 0.6) is 0 Å². The van der Waals surface area contributed by atoms with Crippen molar-refractivity contribution in [2.75, 3.05) is 25.4 Å². The molecule has 5 nitrogen and oxygen atoms in total. The topological polar surface area (TPSA) is 60.5 Å². The van der Waals surface area contributed by atoms with Gasteiger partial charge in [-0.3, -0.25) is 9.63 Å². The molecule has 1 aliphatic rings. The molecule has 0 unspecified atom stereocenters. The van der Waals surface area contributed by atoms with Crippen LogP contribution in [-0.2, 0) is 11.4 Å². The van der Waals surface area contributed by atoms with Gasteiger partial charge in [0.15, 0.2) is 0 Å². The van der Waals surface area contributed by atoms with Crippen LogP contribution in [0.15, 0.2) is 23.1 Å². The van der Waals surface area contributed by atoms with E-state index in [0.717, 1.165) is 32.5 Å². The third-order valence-electron chi connectivity index (χ3n) is 2.64. The number of nitrogens with zero attached hydrogens (tertiary/aromatic N) is 2. The van der Waals surface area contributed by atoms with Crippen molar-refractivity contribution in [3.8, 4) is 0 Å². The molecule has 0 aliphatic carbocycles. The summed E-state index contributed by atoms with van der Waals surface area (Å²) in [4.78, 5) is 16.8. The van der Waals surface area contributed by atoms with Gasteiger partial charge in [0.05, 0.1) is 6.61 Å². The molecular formula is C11H17N3O2. The van der Waals surface area contributed by atoms with Gasteiger partial charge in [0.25, 0.3) is 5.56 Å². The molecule has 2 N–H and O–H groups in total. The average Bonchev–Trinajstić information content (AvgIpc) is 2.76. The zero-order valence-corrected chi connectivity index (χ0v) is 9.26. The summed E-state index contributed by atoms with van der Waals surface area (Å²) >= 11 is 0. The maximum absolute atomic E-state index is 11.5. The summed E-state index contributed by atoms with van der Waals surface area (Å²) in [7, 11) is 0. The molecule has 2 rings (SSSR count). The van der Waals surface area contributed by atoms with Crippen LogP contribution in [0.1, 0.15) is 12.8 Å². The monoisotopic (exact) mass is 223 g/mol. The first-order valence-electron chi connectivity index (χ1n) is 5.59. The van der Waals surface area contributed by atoms with Crippen molar-refractivity contribution in [2.24, 2.45) is 0 Å². The number of anilines is 1. The highest BCUT2D eigenvalue weighted by atomic mass is 16.7. The first-order chi connectivity index (χ1) is 7.75. The highest BCUT2D eigenvalue weighted by Gasteiger charge is 2.11. The summed E-state index contributed by atoms with van der Waals surface area (Å²) < 4.78 is 1.64. The van der Waals surface area contributed by atoms with Crippen molar-refractivity contribution in [3.05, 3.63) is 28.7 Å². The number of aromatic nitrogens is 1. The van der Waals surface area contributed by atoms with E-state index in [2.05, 4.69) is 0 Å². The Morgan fingerprint density at radius 3 is 3.00 bits per heavy atom. The van der Waals surface area contributed by atoms with E-state index in [9.17, 15) is 4.79 Å². The maximum Gasteiger partial charge on any atom is 0.250 e. The predicted octanol–water partition coefficient (Wildman–Crippen LogP) is 0.458. The van der Waals surface area contributed by atoms with Crippen LogP contribution in [-0.4, -0.2) is 29.3 Å². The van der Waals surface area contributed by atoms with Crippen molar-refractivity contribution in [2.45, 2.75) is 19.4 Å². The second-order valence-corrected chi connectivity index (χ2v) is 3.96. The summed E-state index contributed by atoms with van der Waals surface area (Å²) in [6, 6.07) is 3.13. The van der Waals surface area contributed by atoms with E-state index in [0.29, 0.717) is 12.2 Å². The van der Waals surface area contributed by atoms with Gasteiger partial charge in [0.1, 0.15) is 0 Å². The zero-order chi connectivity index (χ0) is 11.4. The molecule has 0 aromatic carbocycles. The molecule has 1 fully saturated rings. The first kappa shape index (κ1) is 11.2. The number of nitrogens with two attached hydrogens (primary N) is 1. The Bertz CT molecular complexity index is 396. The summed E-state index contributed by atoms with van der Waals surface area (Å²) in [6.07, 6.45) is 3.68. The van der Waals surface area contributed by atoms with Gasteiger partial charge in [-0.1, -0.05) is 0 Å². The van der Waals surface area contributed by atoms with Crippen LogP contribution in [0.25, 0.3) is 0 Å². The lowest BCUT2D eigenvalue weighted by atomic mass is 10.3. The average molecular weight is 223 g/mol. The molecule has 0 saturated carbocycles. The molecular weight excluding hydrogens is 206 g/mol. The lowest BCUT2D eigenvalue weighted by Crippen LogP contribution is -2.24. The number of rotatable bonds is 4. The van der Waals surface area contributed by atoms with Gasteiger partial charge in [-0.15, -0.1) is 0 Å². The standard InChI is InChI=1S/C11H17N3O2/c12-10-3-4-11(15)13(9-10)5-1-6-14-7-2-8-16-14/h3-4,9H,1-2,5-8,12H2. The van der Waals surface area contributed by atoms with Crippen LogP contribution in [0.4, 0.5) is 5.69 Å². The number of hydrogen-bond donors (Lipinski definition) is 1. The quantitative estimate of drug-likeness (QED) is 0.805. The maximum atomic E-state index is 11.5. The molecule has 16 heavy (non-hydrogen) atoms. The van der Waals surface area contributed by atoms with E-state index in [1.54, 1.807) is 16.8 Å². The highest BCUT2D eigenvalue weighted by Crippen LogP contribution is 2.05. The van der Waals surface area contributed by atoms with Crippen molar-refractivity contribution >= 4 is 5.69 Å². The number of hydroxylamine groups is 2. The van der Waals surface area contributed by atoms with Crippen molar-refractivity contribution in [3.63, 3.8) is 0 Å². The number of hydrogen-bond acceptors (Lipinski definition) is 4. The summed E-state index contributed by atoms with van der Waals surface area (Å²) in [5, 5.41) is 1.96. The molecule has 1 aliphatic heterocycles. The fourth-order valence-corrected chi connectivity index (χ4v) is 1.82. The second-order valence-electron chi connectivity index (χ2n) is 3.96. The molecule has 1 aromatic rings. The number of pyridine rings is 1. The summed E-state index contributed by atoms with van der Waals surface area (Å²) in [5.41, 5.74) is 6.25. The minimum atomic E-state index is -0.00320. The van der Waals surface area contributed by atoms with Gasteiger partial charge in [-0.2, -0.15) is 5.06 Å². The van der Waals surface area contributed by atoms with Gasteiger partial charge < -0.3 is 10.3 Å². The van der Waals surface area contributed by atoms with E-state index < -0.39 is 0 Å². The Hall–Kier alpha value is -1.33. The van der Waals surface area contributed by atoms with Gasteiger partial charge >= 0.3 is 0 Å². The van der Waals surface area contributed by atoms with Crippen LogP contribution in [0, 0.1) is 0 Å². The molecule has 1 aromatic heterocycles. The molecule has 2 heterocycles. The minimum Gasteiger partial charge on any atom is -0.398 e. The zero-order valence-electron chi connectivity index (χ0n) is 9.26. The Labute approximate surface area is 94.4 Å². The molecule has 5 heteroatoms. The summed E-state index contributed by atoms with van der Waals surface area (Å²) in [5.74, 6) is 0. The minimum absolute atomic E-state index is 0.00320. The lowest BCUT2D eigenvalue weighted by molar-refractivity contribution is -0.110. The Morgan fingerprint density at radius 1 is 1.38 bits per heavy atom. The van der Waals surface area contributed by atoms with Gasteiger partial charge in [0, 0.05) is 37.6 Å².